The third-order valence-corrected chi connectivity index (χ3v) is 3.73. The number of carbonyl (C=O) groups is 1. The molecule has 0 unspecified atom stereocenters. The molecule has 3 atom stereocenters. The zero-order valence-corrected chi connectivity index (χ0v) is 14.9. The Morgan fingerprint density at radius 2 is 1.68 bits per heavy atom. The van der Waals surface area contributed by atoms with E-state index >= 15 is 0 Å². The standard InChI is InChI=1S/C15H30O6S/c1-5-7-9-19-12-14(21-22(4,17)18)15(13(3)11-16)20-10-8-6-2/h11,13-15H,5-10,12H2,1-4H3/t13-,14+,15+/m1/s1. The summed E-state index contributed by atoms with van der Waals surface area (Å²) in [6, 6.07) is 0. The highest BCUT2D eigenvalue weighted by Crippen LogP contribution is 2.17. The Bertz CT molecular complexity index is 381. The van der Waals surface area contributed by atoms with Crippen molar-refractivity contribution >= 4 is 16.4 Å². The third kappa shape index (κ3) is 10.3. The molecule has 0 aromatic carbocycles. The molecule has 6 nitrogen and oxygen atoms in total. The molecule has 0 amide bonds. The van der Waals surface area contributed by atoms with Crippen molar-refractivity contribution in [3.05, 3.63) is 0 Å². The minimum atomic E-state index is -3.66. The quantitative estimate of drug-likeness (QED) is 0.274. The SMILES string of the molecule is CCCCOC[C@H](OS(C)(=O)=O)[C@@H](OCCCC)[C@H](C)C=O. The summed E-state index contributed by atoms with van der Waals surface area (Å²) in [5.74, 6) is -0.474. The van der Waals surface area contributed by atoms with E-state index in [0.29, 0.717) is 13.2 Å². The minimum absolute atomic E-state index is 0.0854. The molecule has 0 fully saturated rings. The van der Waals surface area contributed by atoms with Crippen LogP contribution in [0.1, 0.15) is 46.5 Å². The molecule has 132 valence electrons. The smallest absolute Gasteiger partial charge is 0.264 e. The van der Waals surface area contributed by atoms with Gasteiger partial charge in [0.25, 0.3) is 10.1 Å². The summed E-state index contributed by atoms with van der Waals surface area (Å²) in [6.45, 7) is 6.82. The van der Waals surface area contributed by atoms with Crippen LogP contribution < -0.4 is 0 Å². The number of hydrogen-bond donors (Lipinski definition) is 0. The van der Waals surface area contributed by atoms with Crippen LogP contribution in [0.25, 0.3) is 0 Å². The van der Waals surface area contributed by atoms with Crippen LogP contribution in [0.3, 0.4) is 0 Å². The molecule has 7 heteroatoms. The summed E-state index contributed by atoms with van der Waals surface area (Å²) < 4.78 is 39.2. The molecular formula is C15H30O6S. The highest BCUT2D eigenvalue weighted by atomic mass is 32.2. The predicted molar refractivity (Wildman–Crippen MR) is 85.3 cm³/mol. The van der Waals surface area contributed by atoms with Gasteiger partial charge < -0.3 is 14.3 Å². The first-order valence-corrected chi connectivity index (χ1v) is 9.70. The van der Waals surface area contributed by atoms with Crippen LogP contribution in [-0.2, 0) is 28.6 Å². The summed E-state index contributed by atoms with van der Waals surface area (Å²) in [6.07, 6.45) is 3.94. The van der Waals surface area contributed by atoms with Gasteiger partial charge in [-0.05, 0) is 12.8 Å². The second-order valence-electron chi connectivity index (χ2n) is 5.45. The van der Waals surface area contributed by atoms with Gasteiger partial charge in [-0.15, -0.1) is 0 Å². The maximum atomic E-state index is 11.5. The number of rotatable bonds is 14. The van der Waals surface area contributed by atoms with Crippen molar-refractivity contribution < 1.29 is 26.9 Å². The van der Waals surface area contributed by atoms with Gasteiger partial charge in [-0.3, -0.25) is 4.18 Å². The van der Waals surface area contributed by atoms with Gasteiger partial charge in [0, 0.05) is 19.1 Å². The fourth-order valence-corrected chi connectivity index (χ4v) is 2.50. The lowest BCUT2D eigenvalue weighted by Crippen LogP contribution is -2.42. The Morgan fingerprint density at radius 1 is 1.09 bits per heavy atom. The lowest BCUT2D eigenvalue weighted by molar-refractivity contribution is -0.123. The molecule has 0 bridgehead atoms. The summed E-state index contributed by atoms with van der Waals surface area (Å²) in [4.78, 5) is 11.1. The Balaban J connectivity index is 4.86. The molecule has 22 heavy (non-hydrogen) atoms. The summed E-state index contributed by atoms with van der Waals surface area (Å²) in [7, 11) is -3.66. The van der Waals surface area contributed by atoms with Crippen LogP contribution in [0.4, 0.5) is 0 Å². The largest absolute Gasteiger partial charge is 0.379 e. The van der Waals surface area contributed by atoms with Crippen molar-refractivity contribution in [1.29, 1.82) is 0 Å². The van der Waals surface area contributed by atoms with E-state index in [2.05, 4.69) is 0 Å². The molecular weight excluding hydrogens is 308 g/mol. The van der Waals surface area contributed by atoms with E-state index in [9.17, 15) is 13.2 Å². The number of unbranched alkanes of at least 4 members (excludes halogenated alkanes) is 2. The summed E-state index contributed by atoms with van der Waals surface area (Å²) in [5.41, 5.74) is 0. The Hall–Kier alpha value is -0.500. The average Bonchev–Trinajstić information content (AvgIpc) is 2.45. The first kappa shape index (κ1) is 21.5. The van der Waals surface area contributed by atoms with Crippen LogP contribution in [0, 0.1) is 5.92 Å². The second-order valence-corrected chi connectivity index (χ2v) is 7.05. The normalized spacial score (nSPS) is 16.2. The van der Waals surface area contributed by atoms with Crippen molar-refractivity contribution in [3.63, 3.8) is 0 Å². The van der Waals surface area contributed by atoms with E-state index in [0.717, 1.165) is 38.2 Å². The van der Waals surface area contributed by atoms with Crippen molar-refractivity contribution in [1.82, 2.24) is 0 Å². The molecule has 0 heterocycles. The summed E-state index contributed by atoms with van der Waals surface area (Å²) in [5, 5.41) is 0. The van der Waals surface area contributed by atoms with Crippen LogP contribution >= 0.6 is 0 Å². The van der Waals surface area contributed by atoms with E-state index in [1.54, 1.807) is 6.92 Å². The topological polar surface area (TPSA) is 78.9 Å². The fourth-order valence-electron chi connectivity index (χ4n) is 1.89. The number of ether oxygens (including phenoxy) is 2. The van der Waals surface area contributed by atoms with Gasteiger partial charge in [-0.25, -0.2) is 0 Å². The van der Waals surface area contributed by atoms with Gasteiger partial charge in [0.15, 0.2) is 0 Å². The first-order chi connectivity index (χ1) is 10.4. The van der Waals surface area contributed by atoms with Gasteiger partial charge in [-0.2, -0.15) is 8.42 Å². The molecule has 0 N–H and O–H groups in total. The predicted octanol–water partition coefficient (Wildman–Crippen LogP) is 2.17. The fraction of sp³-hybridized carbons (Fsp3) is 0.933. The van der Waals surface area contributed by atoms with Crippen molar-refractivity contribution in [3.8, 4) is 0 Å². The minimum Gasteiger partial charge on any atom is -0.379 e. The first-order valence-electron chi connectivity index (χ1n) is 7.88. The zero-order valence-electron chi connectivity index (χ0n) is 14.1. The molecule has 0 aliphatic rings. The zero-order chi connectivity index (χ0) is 17.0. The highest BCUT2D eigenvalue weighted by molar-refractivity contribution is 7.86. The van der Waals surface area contributed by atoms with Crippen molar-refractivity contribution in [2.75, 3.05) is 26.1 Å². The number of carbonyl (C=O) groups excluding carboxylic acids is 1. The van der Waals surface area contributed by atoms with Crippen molar-refractivity contribution in [2.45, 2.75) is 58.7 Å². The Kier molecular flexibility index (Phi) is 11.7. The molecule has 0 radical (unpaired) electrons. The van der Waals surface area contributed by atoms with E-state index in [1.165, 1.54) is 0 Å². The lowest BCUT2D eigenvalue weighted by atomic mass is 10.0. The van der Waals surface area contributed by atoms with Gasteiger partial charge in [0.1, 0.15) is 12.4 Å². The molecule has 0 rings (SSSR count). The Morgan fingerprint density at radius 3 is 2.18 bits per heavy atom. The van der Waals surface area contributed by atoms with E-state index < -0.39 is 28.2 Å². The van der Waals surface area contributed by atoms with E-state index in [-0.39, 0.29) is 6.61 Å². The number of hydrogen-bond acceptors (Lipinski definition) is 6. The average molecular weight is 338 g/mol. The van der Waals surface area contributed by atoms with Crippen LogP contribution in [0.5, 0.6) is 0 Å². The number of aldehydes is 1. The van der Waals surface area contributed by atoms with Crippen LogP contribution in [0.2, 0.25) is 0 Å². The lowest BCUT2D eigenvalue weighted by Gasteiger charge is -2.28. The molecule has 0 aliphatic carbocycles. The molecule has 0 saturated heterocycles. The molecule has 0 aromatic heterocycles. The van der Waals surface area contributed by atoms with Crippen molar-refractivity contribution in [2.24, 2.45) is 5.92 Å². The molecule has 0 saturated carbocycles. The van der Waals surface area contributed by atoms with Gasteiger partial charge in [0.2, 0.25) is 0 Å². The maximum absolute atomic E-state index is 11.5. The molecule has 0 spiro atoms. The third-order valence-electron chi connectivity index (χ3n) is 3.13. The van der Waals surface area contributed by atoms with Gasteiger partial charge >= 0.3 is 0 Å². The maximum Gasteiger partial charge on any atom is 0.264 e. The van der Waals surface area contributed by atoms with E-state index in [4.69, 9.17) is 13.7 Å². The van der Waals surface area contributed by atoms with Crippen LogP contribution in [0.15, 0.2) is 0 Å². The Labute approximate surface area is 134 Å². The van der Waals surface area contributed by atoms with Crippen LogP contribution in [-0.4, -0.2) is 53.0 Å². The highest BCUT2D eigenvalue weighted by Gasteiger charge is 2.31. The second kappa shape index (κ2) is 12.0. The summed E-state index contributed by atoms with van der Waals surface area (Å²) >= 11 is 0. The monoisotopic (exact) mass is 338 g/mol. The van der Waals surface area contributed by atoms with Gasteiger partial charge in [0.05, 0.1) is 19.0 Å². The van der Waals surface area contributed by atoms with E-state index in [1.807, 2.05) is 13.8 Å². The molecule has 0 aliphatic heterocycles. The molecule has 0 aromatic rings. The van der Waals surface area contributed by atoms with Gasteiger partial charge in [-0.1, -0.05) is 33.6 Å².